The lowest BCUT2D eigenvalue weighted by molar-refractivity contribution is 0.299. The lowest BCUT2D eigenvalue weighted by Crippen LogP contribution is -2.41. The number of hydrogen-bond acceptors (Lipinski definition) is 3. The van der Waals surface area contributed by atoms with Crippen molar-refractivity contribution in [1.82, 2.24) is 20.1 Å². The molecule has 0 amide bonds. The summed E-state index contributed by atoms with van der Waals surface area (Å²) >= 11 is 5.73. The van der Waals surface area contributed by atoms with Crippen molar-refractivity contribution in [3.63, 3.8) is 0 Å². The Balaban J connectivity index is 1.80. The van der Waals surface area contributed by atoms with Gasteiger partial charge >= 0.3 is 0 Å². The zero-order valence-electron chi connectivity index (χ0n) is 20.6. The number of aryl methyl sites for hydroxylation is 2. The molecular weight excluding hydrogens is 447 g/mol. The molecule has 0 unspecified atom stereocenters. The Bertz CT molecular complexity index is 1170. The maximum Gasteiger partial charge on any atom is 0.253 e. The molecule has 2 aromatic carbocycles. The van der Waals surface area contributed by atoms with Crippen molar-refractivity contribution in [3.05, 3.63) is 80.9 Å². The third kappa shape index (κ3) is 6.87. The number of thiocarbonyl (C=S) groups is 1. The lowest BCUT2D eigenvalue weighted by atomic mass is 10.0. The molecule has 0 saturated heterocycles. The summed E-state index contributed by atoms with van der Waals surface area (Å²) in [5.74, 6) is -0.274. The molecule has 3 aromatic rings. The highest BCUT2D eigenvalue weighted by molar-refractivity contribution is 7.80. The summed E-state index contributed by atoms with van der Waals surface area (Å²) in [6, 6.07) is 12.5. The first-order valence-electron chi connectivity index (χ1n) is 11.9. The molecule has 0 bridgehead atoms. The molecule has 0 aliphatic carbocycles. The molecule has 0 fully saturated rings. The van der Waals surface area contributed by atoms with Gasteiger partial charge in [0.25, 0.3) is 5.56 Å². The summed E-state index contributed by atoms with van der Waals surface area (Å²) in [5.41, 5.74) is 4.53. The number of hydrogen-bond donors (Lipinski definition) is 2. The molecular formula is C27H35FN4OS. The second-order valence-electron chi connectivity index (χ2n) is 8.76. The second kappa shape index (κ2) is 12.1. The second-order valence-corrected chi connectivity index (χ2v) is 9.15. The van der Waals surface area contributed by atoms with Crippen LogP contribution in [0.15, 0.2) is 47.3 Å². The third-order valence-electron chi connectivity index (χ3n) is 6.15. The van der Waals surface area contributed by atoms with Crippen LogP contribution in [-0.2, 0) is 13.1 Å². The molecule has 0 aliphatic rings. The number of halogens is 1. The molecule has 182 valence electrons. The van der Waals surface area contributed by atoms with Crippen molar-refractivity contribution in [2.45, 2.75) is 47.2 Å². The SMILES string of the molecule is CCN(CC)CCCNC(=S)N(Cc1ccc(F)cc1)Cc1cc2c(C)cc(C)cc2[nH]c1=O. The van der Waals surface area contributed by atoms with E-state index in [9.17, 15) is 9.18 Å². The Kier molecular flexibility index (Phi) is 9.19. The average Bonchev–Trinajstić information content (AvgIpc) is 2.80. The Morgan fingerprint density at radius 3 is 2.44 bits per heavy atom. The molecule has 5 nitrogen and oxygen atoms in total. The molecule has 2 N–H and O–H groups in total. The number of aromatic amines is 1. The minimum Gasteiger partial charge on any atom is -0.363 e. The van der Waals surface area contributed by atoms with E-state index in [0.29, 0.717) is 23.8 Å². The van der Waals surface area contributed by atoms with Crippen molar-refractivity contribution in [3.8, 4) is 0 Å². The van der Waals surface area contributed by atoms with Crippen LogP contribution in [0.5, 0.6) is 0 Å². The summed E-state index contributed by atoms with van der Waals surface area (Å²) in [6.07, 6.45) is 0.974. The Morgan fingerprint density at radius 2 is 1.76 bits per heavy atom. The van der Waals surface area contributed by atoms with E-state index in [0.717, 1.165) is 60.2 Å². The van der Waals surface area contributed by atoms with Gasteiger partial charge in [0.1, 0.15) is 5.82 Å². The zero-order valence-corrected chi connectivity index (χ0v) is 21.4. The van der Waals surface area contributed by atoms with Crippen molar-refractivity contribution >= 4 is 28.2 Å². The molecule has 1 heterocycles. The van der Waals surface area contributed by atoms with Gasteiger partial charge in [0.05, 0.1) is 6.54 Å². The fourth-order valence-electron chi connectivity index (χ4n) is 4.20. The monoisotopic (exact) mass is 482 g/mol. The van der Waals surface area contributed by atoms with Crippen LogP contribution in [0, 0.1) is 19.7 Å². The molecule has 1 aromatic heterocycles. The molecule has 3 rings (SSSR count). The molecule has 0 radical (unpaired) electrons. The highest BCUT2D eigenvalue weighted by Gasteiger charge is 2.15. The van der Waals surface area contributed by atoms with E-state index in [2.05, 4.69) is 42.0 Å². The van der Waals surface area contributed by atoms with Gasteiger partial charge in [0, 0.05) is 29.6 Å². The van der Waals surface area contributed by atoms with Crippen LogP contribution in [0.3, 0.4) is 0 Å². The van der Waals surface area contributed by atoms with E-state index in [1.165, 1.54) is 12.1 Å². The van der Waals surface area contributed by atoms with Crippen LogP contribution in [-0.4, -0.2) is 46.1 Å². The normalized spacial score (nSPS) is 11.2. The fourth-order valence-corrected chi connectivity index (χ4v) is 4.43. The van der Waals surface area contributed by atoms with Crippen LogP contribution < -0.4 is 10.9 Å². The molecule has 0 saturated carbocycles. The van der Waals surface area contributed by atoms with Crippen LogP contribution >= 0.6 is 12.2 Å². The van der Waals surface area contributed by atoms with Gasteiger partial charge in [-0.2, -0.15) is 0 Å². The first-order valence-corrected chi connectivity index (χ1v) is 12.3. The van der Waals surface area contributed by atoms with Gasteiger partial charge < -0.3 is 20.1 Å². The third-order valence-corrected chi connectivity index (χ3v) is 6.55. The summed E-state index contributed by atoms with van der Waals surface area (Å²) in [4.78, 5) is 20.3. The van der Waals surface area contributed by atoms with Crippen LogP contribution in [0.2, 0.25) is 0 Å². The smallest absolute Gasteiger partial charge is 0.253 e. The minimum absolute atomic E-state index is 0.120. The van der Waals surface area contributed by atoms with Gasteiger partial charge in [0.15, 0.2) is 5.11 Å². The van der Waals surface area contributed by atoms with Crippen LogP contribution in [0.25, 0.3) is 10.9 Å². The molecule has 7 heteroatoms. The van der Waals surface area contributed by atoms with Crippen LogP contribution in [0.1, 0.15) is 42.5 Å². The summed E-state index contributed by atoms with van der Waals surface area (Å²) in [5, 5.41) is 4.97. The van der Waals surface area contributed by atoms with Crippen molar-refractivity contribution in [1.29, 1.82) is 0 Å². The summed E-state index contributed by atoms with van der Waals surface area (Å²) in [6.45, 7) is 13.0. The number of rotatable bonds is 10. The van der Waals surface area contributed by atoms with E-state index in [-0.39, 0.29) is 11.4 Å². The van der Waals surface area contributed by atoms with Gasteiger partial charge in [0.2, 0.25) is 0 Å². The number of aromatic nitrogens is 1. The quantitative estimate of drug-likeness (QED) is 0.318. The fraction of sp³-hybridized carbons (Fsp3) is 0.407. The van der Waals surface area contributed by atoms with Gasteiger partial charge in [-0.25, -0.2) is 4.39 Å². The Morgan fingerprint density at radius 1 is 1.06 bits per heavy atom. The molecule has 0 spiro atoms. The van der Waals surface area contributed by atoms with Gasteiger partial charge in [-0.3, -0.25) is 4.79 Å². The van der Waals surface area contributed by atoms with Crippen molar-refractivity contribution in [2.24, 2.45) is 0 Å². The minimum atomic E-state index is -0.274. The highest BCUT2D eigenvalue weighted by Crippen LogP contribution is 2.19. The Labute approximate surface area is 207 Å². The van der Waals surface area contributed by atoms with Gasteiger partial charge in [-0.05, 0) is 93.1 Å². The van der Waals surface area contributed by atoms with Crippen LogP contribution in [0.4, 0.5) is 4.39 Å². The molecule has 0 atom stereocenters. The summed E-state index contributed by atoms with van der Waals surface area (Å²) in [7, 11) is 0. The largest absolute Gasteiger partial charge is 0.363 e. The zero-order chi connectivity index (χ0) is 24.7. The first kappa shape index (κ1) is 25.8. The predicted molar refractivity (Wildman–Crippen MR) is 143 cm³/mol. The topological polar surface area (TPSA) is 51.4 Å². The maximum absolute atomic E-state index is 13.4. The van der Waals surface area contributed by atoms with E-state index in [1.807, 2.05) is 24.0 Å². The number of benzene rings is 2. The van der Waals surface area contributed by atoms with E-state index in [4.69, 9.17) is 12.2 Å². The maximum atomic E-state index is 13.4. The summed E-state index contributed by atoms with van der Waals surface area (Å²) < 4.78 is 13.4. The molecule has 34 heavy (non-hydrogen) atoms. The number of fused-ring (bicyclic) bond motifs is 1. The molecule has 0 aliphatic heterocycles. The standard InChI is InChI=1S/C27H35FN4OS/c1-5-31(6-2)13-7-12-29-27(34)32(17-21-8-10-23(28)11-9-21)18-22-16-24-20(4)14-19(3)15-25(24)30-26(22)33/h8-11,14-16H,5-7,12-13,17-18H2,1-4H3,(H,29,34)(H,30,33). The van der Waals surface area contributed by atoms with Gasteiger partial charge in [-0.15, -0.1) is 0 Å². The first-order chi connectivity index (χ1) is 16.3. The predicted octanol–water partition coefficient (Wildman–Crippen LogP) is 4.89. The number of nitrogens with zero attached hydrogens (tertiary/aromatic N) is 2. The number of nitrogens with one attached hydrogen (secondary N) is 2. The van der Waals surface area contributed by atoms with E-state index in [1.54, 1.807) is 12.1 Å². The number of pyridine rings is 1. The van der Waals surface area contributed by atoms with E-state index < -0.39 is 0 Å². The average molecular weight is 483 g/mol. The van der Waals surface area contributed by atoms with Crippen molar-refractivity contribution < 1.29 is 4.39 Å². The highest BCUT2D eigenvalue weighted by atomic mass is 32.1. The van der Waals surface area contributed by atoms with Crippen molar-refractivity contribution in [2.75, 3.05) is 26.2 Å². The van der Waals surface area contributed by atoms with Gasteiger partial charge in [-0.1, -0.05) is 32.0 Å². The number of H-pyrrole nitrogens is 1. The Hall–Kier alpha value is -2.77. The lowest BCUT2D eigenvalue weighted by Gasteiger charge is -2.26. The van der Waals surface area contributed by atoms with E-state index >= 15 is 0 Å².